The van der Waals surface area contributed by atoms with Crippen molar-refractivity contribution >= 4 is 23.6 Å². The molecule has 0 saturated carbocycles. The molecule has 6 heteroatoms. The minimum absolute atomic E-state index is 0.0889. The predicted molar refractivity (Wildman–Crippen MR) is 88.4 cm³/mol. The Morgan fingerprint density at radius 2 is 2.00 bits per heavy atom. The standard InChI is InChI=1S/C17H18N2O3S/c20-16(18-8-11-19-9-1-2-10-19)13-3-5-14(6-4-13)23-15-7-12-22-17(15)21/h1-6,9-10,15H,7-8,11-12H2,(H,18,20). The molecule has 0 spiro atoms. The summed E-state index contributed by atoms with van der Waals surface area (Å²) in [5.74, 6) is -0.240. The van der Waals surface area contributed by atoms with Gasteiger partial charge >= 0.3 is 5.97 Å². The van der Waals surface area contributed by atoms with Crippen LogP contribution in [0.4, 0.5) is 0 Å². The van der Waals surface area contributed by atoms with Crippen LogP contribution in [-0.2, 0) is 16.1 Å². The maximum atomic E-state index is 12.1. The summed E-state index contributed by atoms with van der Waals surface area (Å²) >= 11 is 1.49. The van der Waals surface area contributed by atoms with E-state index in [9.17, 15) is 9.59 Å². The van der Waals surface area contributed by atoms with Crippen LogP contribution in [0, 0.1) is 0 Å². The molecule has 1 unspecified atom stereocenters. The lowest BCUT2D eigenvalue weighted by molar-refractivity contribution is -0.137. The van der Waals surface area contributed by atoms with Crippen LogP contribution in [0.15, 0.2) is 53.7 Å². The highest BCUT2D eigenvalue weighted by atomic mass is 32.2. The minimum atomic E-state index is -0.151. The Hall–Kier alpha value is -2.21. The highest BCUT2D eigenvalue weighted by molar-refractivity contribution is 8.00. The van der Waals surface area contributed by atoms with E-state index in [4.69, 9.17) is 4.74 Å². The van der Waals surface area contributed by atoms with Crippen LogP contribution >= 0.6 is 11.8 Å². The molecule has 1 fully saturated rings. The number of thioether (sulfide) groups is 1. The van der Waals surface area contributed by atoms with Crippen LogP contribution in [0.2, 0.25) is 0 Å². The van der Waals surface area contributed by atoms with Gasteiger partial charge in [-0.1, -0.05) is 0 Å². The molecule has 0 bridgehead atoms. The van der Waals surface area contributed by atoms with Crippen molar-refractivity contribution < 1.29 is 14.3 Å². The molecule has 1 saturated heterocycles. The number of cyclic esters (lactones) is 1. The van der Waals surface area contributed by atoms with Crippen molar-refractivity contribution in [3.05, 3.63) is 54.4 Å². The minimum Gasteiger partial charge on any atom is -0.465 e. The first-order chi connectivity index (χ1) is 11.2. The Kier molecular flexibility index (Phi) is 5.02. The van der Waals surface area contributed by atoms with E-state index in [1.807, 2.05) is 41.2 Å². The fourth-order valence-electron chi connectivity index (χ4n) is 2.35. The summed E-state index contributed by atoms with van der Waals surface area (Å²) < 4.78 is 6.96. The molecule has 3 rings (SSSR count). The first-order valence-corrected chi connectivity index (χ1v) is 8.42. The fraction of sp³-hybridized carbons (Fsp3) is 0.294. The third kappa shape index (κ3) is 4.16. The van der Waals surface area contributed by atoms with Gasteiger partial charge in [0.05, 0.1) is 6.61 Å². The number of amides is 1. The topological polar surface area (TPSA) is 60.3 Å². The van der Waals surface area contributed by atoms with Crippen molar-refractivity contribution in [3.63, 3.8) is 0 Å². The van der Waals surface area contributed by atoms with Gasteiger partial charge in [0.2, 0.25) is 0 Å². The average molecular weight is 330 g/mol. The van der Waals surface area contributed by atoms with E-state index in [2.05, 4.69) is 5.32 Å². The fourth-order valence-corrected chi connectivity index (χ4v) is 3.35. The van der Waals surface area contributed by atoms with Crippen molar-refractivity contribution in [2.45, 2.75) is 23.1 Å². The zero-order chi connectivity index (χ0) is 16.1. The number of carbonyl (C=O) groups excluding carboxylic acids is 2. The van der Waals surface area contributed by atoms with Gasteiger partial charge in [0, 0.05) is 42.4 Å². The summed E-state index contributed by atoms with van der Waals surface area (Å²) in [6, 6.07) is 11.2. The molecule has 1 amide bonds. The number of esters is 1. The third-order valence-corrected chi connectivity index (χ3v) is 4.86. The number of hydrogen-bond acceptors (Lipinski definition) is 4. The number of aromatic nitrogens is 1. The van der Waals surface area contributed by atoms with E-state index >= 15 is 0 Å². The van der Waals surface area contributed by atoms with Crippen molar-refractivity contribution in [3.8, 4) is 0 Å². The van der Waals surface area contributed by atoms with Crippen LogP contribution in [0.3, 0.4) is 0 Å². The number of hydrogen-bond donors (Lipinski definition) is 1. The van der Waals surface area contributed by atoms with Crippen molar-refractivity contribution in [1.82, 2.24) is 9.88 Å². The lowest BCUT2D eigenvalue weighted by atomic mass is 10.2. The van der Waals surface area contributed by atoms with Gasteiger partial charge in [0.25, 0.3) is 5.91 Å². The van der Waals surface area contributed by atoms with Crippen molar-refractivity contribution in [1.29, 1.82) is 0 Å². The van der Waals surface area contributed by atoms with E-state index in [1.165, 1.54) is 11.8 Å². The molecule has 23 heavy (non-hydrogen) atoms. The van der Waals surface area contributed by atoms with E-state index in [0.29, 0.717) is 18.7 Å². The molecule has 2 heterocycles. The molecule has 1 N–H and O–H groups in total. The van der Waals surface area contributed by atoms with Gasteiger partial charge in [-0.3, -0.25) is 9.59 Å². The molecule has 5 nitrogen and oxygen atoms in total. The second-order valence-electron chi connectivity index (χ2n) is 5.26. The van der Waals surface area contributed by atoms with Gasteiger partial charge in [-0.15, -0.1) is 11.8 Å². The lowest BCUT2D eigenvalue weighted by Gasteiger charge is -2.08. The number of carbonyl (C=O) groups is 2. The zero-order valence-corrected chi connectivity index (χ0v) is 13.4. The molecular formula is C17H18N2O3S. The van der Waals surface area contributed by atoms with Gasteiger partial charge in [-0.25, -0.2) is 0 Å². The Balaban J connectivity index is 1.49. The van der Waals surface area contributed by atoms with E-state index in [1.54, 1.807) is 12.1 Å². The third-order valence-electron chi connectivity index (χ3n) is 3.60. The van der Waals surface area contributed by atoms with Gasteiger partial charge in [0.1, 0.15) is 5.25 Å². The predicted octanol–water partition coefficient (Wildman–Crippen LogP) is 2.33. The summed E-state index contributed by atoms with van der Waals surface area (Å²) in [4.78, 5) is 24.5. The molecule has 0 radical (unpaired) electrons. The summed E-state index contributed by atoms with van der Waals surface area (Å²) in [6.45, 7) is 1.83. The molecule has 1 aliphatic heterocycles. The van der Waals surface area contributed by atoms with Gasteiger partial charge in [-0.05, 0) is 36.4 Å². The summed E-state index contributed by atoms with van der Waals surface area (Å²) in [5.41, 5.74) is 0.621. The average Bonchev–Trinajstić information content (AvgIpc) is 3.21. The first-order valence-electron chi connectivity index (χ1n) is 7.55. The Bertz CT molecular complexity index is 668. The molecule has 1 atom stereocenters. The molecule has 0 aliphatic carbocycles. The smallest absolute Gasteiger partial charge is 0.319 e. The van der Waals surface area contributed by atoms with Crippen LogP contribution in [0.1, 0.15) is 16.8 Å². The molecule has 2 aromatic rings. The monoisotopic (exact) mass is 330 g/mol. The number of benzene rings is 1. The molecule has 120 valence electrons. The SMILES string of the molecule is O=C(NCCn1cccc1)c1ccc(SC2CCOC2=O)cc1. The van der Waals surface area contributed by atoms with E-state index in [0.717, 1.165) is 17.9 Å². The van der Waals surface area contributed by atoms with Crippen LogP contribution in [-0.4, -0.2) is 34.8 Å². The Labute approximate surface area is 139 Å². The molecule has 1 aromatic heterocycles. The zero-order valence-electron chi connectivity index (χ0n) is 12.6. The quantitative estimate of drug-likeness (QED) is 0.826. The first kappa shape index (κ1) is 15.7. The number of nitrogens with zero attached hydrogens (tertiary/aromatic N) is 1. The van der Waals surface area contributed by atoms with Crippen molar-refractivity contribution in [2.24, 2.45) is 0 Å². The molecule has 1 aliphatic rings. The van der Waals surface area contributed by atoms with Gasteiger partial charge < -0.3 is 14.6 Å². The molecule has 1 aromatic carbocycles. The van der Waals surface area contributed by atoms with Gasteiger partial charge in [0.15, 0.2) is 0 Å². The maximum absolute atomic E-state index is 12.1. The van der Waals surface area contributed by atoms with E-state index < -0.39 is 0 Å². The Morgan fingerprint density at radius 1 is 1.26 bits per heavy atom. The summed E-state index contributed by atoms with van der Waals surface area (Å²) in [6.07, 6.45) is 4.67. The summed E-state index contributed by atoms with van der Waals surface area (Å²) in [5, 5.41) is 2.77. The van der Waals surface area contributed by atoms with E-state index in [-0.39, 0.29) is 17.1 Å². The Morgan fingerprint density at radius 3 is 2.65 bits per heavy atom. The second-order valence-corrected chi connectivity index (χ2v) is 6.54. The molecular weight excluding hydrogens is 312 g/mol. The number of rotatable bonds is 6. The number of nitrogens with one attached hydrogen (secondary N) is 1. The van der Waals surface area contributed by atoms with Crippen molar-refractivity contribution in [2.75, 3.05) is 13.2 Å². The second kappa shape index (κ2) is 7.37. The highest BCUT2D eigenvalue weighted by Gasteiger charge is 2.27. The van der Waals surface area contributed by atoms with Gasteiger partial charge in [-0.2, -0.15) is 0 Å². The number of ether oxygens (including phenoxy) is 1. The van der Waals surface area contributed by atoms with Crippen LogP contribution < -0.4 is 5.32 Å². The normalized spacial score (nSPS) is 17.0. The highest BCUT2D eigenvalue weighted by Crippen LogP contribution is 2.29. The maximum Gasteiger partial charge on any atom is 0.319 e. The lowest BCUT2D eigenvalue weighted by Crippen LogP contribution is -2.26. The van der Waals surface area contributed by atoms with Crippen LogP contribution in [0.5, 0.6) is 0 Å². The van der Waals surface area contributed by atoms with Crippen LogP contribution in [0.25, 0.3) is 0 Å². The largest absolute Gasteiger partial charge is 0.465 e. The summed E-state index contributed by atoms with van der Waals surface area (Å²) in [7, 11) is 0.